The maximum atomic E-state index is 13.2. The summed E-state index contributed by atoms with van der Waals surface area (Å²) in [4.78, 5) is 24.0. The average Bonchev–Trinajstić information content (AvgIpc) is 2.76. The molecule has 1 N–H and O–H groups in total. The number of nitrogens with zero attached hydrogens (tertiary/aromatic N) is 3. The number of halogens is 1. The highest BCUT2D eigenvalue weighted by Crippen LogP contribution is 2.25. The van der Waals surface area contributed by atoms with Gasteiger partial charge in [-0.3, -0.25) is 4.79 Å². The Morgan fingerprint density at radius 3 is 2.70 bits per heavy atom. The maximum absolute atomic E-state index is 13.2. The third-order valence-corrected chi connectivity index (χ3v) is 5.50. The largest absolute Gasteiger partial charge is 0.356 e. The molecule has 1 atom stereocenters. The van der Waals surface area contributed by atoms with E-state index in [4.69, 9.17) is 0 Å². The van der Waals surface area contributed by atoms with Crippen molar-refractivity contribution in [2.45, 2.75) is 26.7 Å². The Kier molecular flexibility index (Phi) is 5.74. The van der Waals surface area contributed by atoms with E-state index >= 15 is 0 Å². The number of hydrogen-bond acceptors (Lipinski definition) is 4. The minimum Gasteiger partial charge on any atom is -0.356 e. The first-order valence-corrected chi connectivity index (χ1v) is 10.2. The zero-order valence-electron chi connectivity index (χ0n) is 17.2. The third kappa shape index (κ3) is 4.48. The highest BCUT2D eigenvalue weighted by molar-refractivity contribution is 5.93. The van der Waals surface area contributed by atoms with Gasteiger partial charge in [0.1, 0.15) is 11.6 Å². The van der Waals surface area contributed by atoms with Gasteiger partial charge >= 0.3 is 0 Å². The van der Waals surface area contributed by atoms with Gasteiger partial charge in [-0.2, -0.15) is 0 Å². The molecule has 2 aromatic carbocycles. The number of nitrogens with one attached hydrogen (secondary N) is 1. The summed E-state index contributed by atoms with van der Waals surface area (Å²) in [5.74, 6) is 0.981. The van der Waals surface area contributed by atoms with Crippen LogP contribution in [0, 0.1) is 25.6 Å². The monoisotopic (exact) mass is 404 g/mol. The van der Waals surface area contributed by atoms with Gasteiger partial charge in [0.05, 0.1) is 5.92 Å². The SMILES string of the molecule is Cc1ccc(NC(=O)C2CCCN(c3ccnc(-c4ccc(F)cc4)n3)C2)c(C)c1. The summed E-state index contributed by atoms with van der Waals surface area (Å²) >= 11 is 0. The summed E-state index contributed by atoms with van der Waals surface area (Å²) in [7, 11) is 0. The molecule has 0 saturated carbocycles. The first-order valence-electron chi connectivity index (χ1n) is 10.2. The van der Waals surface area contributed by atoms with Crippen molar-refractivity contribution >= 4 is 17.4 Å². The molecule has 1 unspecified atom stereocenters. The number of anilines is 2. The number of rotatable bonds is 4. The van der Waals surface area contributed by atoms with Gasteiger partial charge in [-0.25, -0.2) is 14.4 Å². The molecule has 154 valence electrons. The van der Waals surface area contributed by atoms with Crippen LogP contribution in [0.5, 0.6) is 0 Å². The number of carbonyl (C=O) groups is 1. The third-order valence-electron chi connectivity index (χ3n) is 5.50. The Hall–Kier alpha value is -3.28. The van der Waals surface area contributed by atoms with Gasteiger partial charge < -0.3 is 10.2 Å². The summed E-state index contributed by atoms with van der Waals surface area (Å²) in [6.07, 6.45) is 3.48. The van der Waals surface area contributed by atoms with Crippen molar-refractivity contribution in [1.29, 1.82) is 0 Å². The van der Waals surface area contributed by atoms with Crippen LogP contribution in [-0.4, -0.2) is 29.0 Å². The number of hydrogen-bond donors (Lipinski definition) is 1. The zero-order chi connectivity index (χ0) is 21.1. The van der Waals surface area contributed by atoms with Gasteiger partial charge in [-0.05, 0) is 68.7 Å². The van der Waals surface area contributed by atoms with Crippen LogP contribution in [0.1, 0.15) is 24.0 Å². The van der Waals surface area contributed by atoms with Crippen LogP contribution in [0.3, 0.4) is 0 Å². The molecule has 3 aromatic rings. The van der Waals surface area contributed by atoms with Crippen molar-refractivity contribution in [2.75, 3.05) is 23.3 Å². The van der Waals surface area contributed by atoms with Crippen LogP contribution in [0.25, 0.3) is 11.4 Å². The molecule has 0 spiro atoms. The summed E-state index contributed by atoms with van der Waals surface area (Å²) < 4.78 is 13.2. The molecule has 6 heteroatoms. The molecule has 5 nitrogen and oxygen atoms in total. The van der Waals surface area contributed by atoms with E-state index in [-0.39, 0.29) is 17.6 Å². The van der Waals surface area contributed by atoms with Gasteiger partial charge in [0.15, 0.2) is 5.82 Å². The van der Waals surface area contributed by atoms with Crippen molar-refractivity contribution < 1.29 is 9.18 Å². The number of aromatic nitrogens is 2. The lowest BCUT2D eigenvalue weighted by atomic mass is 9.96. The molecular formula is C24H25FN4O. The fraction of sp³-hybridized carbons (Fsp3) is 0.292. The minimum atomic E-state index is -0.288. The topological polar surface area (TPSA) is 58.1 Å². The highest BCUT2D eigenvalue weighted by atomic mass is 19.1. The van der Waals surface area contributed by atoms with E-state index in [9.17, 15) is 9.18 Å². The second-order valence-electron chi connectivity index (χ2n) is 7.84. The predicted octanol–water partition coefficient (Wildman–Crippen LogP) is 4.75. The molecule has 1 amide bonds. The van der Waals surface area contributed by atoms with E-state index in [0.717, 1.165) is 42.0 Å². The molecule has 1 fully saturated rings. The average molecular weight is 404 g/mol. The zero-order valence-corrected chi connectivity index (χ0v) is 17.2. The van der Waals surface area contributed by atoms with Gasteiger partial charge in [-0.1, -0.05) is 17.7 Å². The second-order valence-corrected chi connectivity index (χ2v) is 7.84. The Labute approximate surface area is 176 Å². The van der Waals surface area contributed by atoms with Crippen LogP contribution >= 0.6 is 0 Å². The van der Waals surface area contributed by atoms with Gasteiger partial charge in [0.2, 0.25) is 5.91 Å². The van der Waals surface area contributed by atoms with E-state index in [2.05, 4.69) is 26.3 Å². The fourth-order valence-corrected chi connectivity index (χ4v) is 3.85. The Morgan fingerprint density at radius 2 is 1.93 bits per heavy atom. The van der Waals surface area contributed by atoms with E-state index in [1.54, 1.807) is 18.3 Å². The first-order chi connectivity index (χ1) is 14.5. The molecule has 30 heavy (non-hydrogen) atoms. The van der Waals surface area contributed by atoms with Crippen molar-refractivity contribution in [3.63, 3.8) is 0 Å². The van der Waals surface area contributed by atoms with Crippen LogP contribution < -0.4 is 10.2 Å². The highest BCUT2D eigenvalue weighted by Gasteiger charge is 2.27. The molecule has 0 radical (unpaired) electrons. The molecular weight excluding hydrogens is 379 g/mol. The molecule has 1 aliphatic rings. The fourth-order valence-electron chi connectivity index (χ4n) is 3.85. The van der Waals surface area contributed by atoms with Gasteiger partial charge in [0.25, 0.3) is 0 Å². The lowest BCUT2D eigenvalue weighted by molar-refractivity contribution is -0.120. The summed E-state index contributed by atoms with van der Waals surface area (Å²) in [6, 6.07) is 14.0. The summed E-state index contributed by atoms with van der Waals surface area (Å²) in [6.45, 7) is 5.50. The molecule has 1 saturated heterocycles. The molecule has 2 heterocycles. The number of piperidine rings is 1. The standard InChI is InChI=1S/C24H25FN4O/c1-16-5-10-21(17(2)14-16)27-24(30)19-4-3-13-29(15-19)22-11-12-26-23(28-22)18-6-8-20(25)9-7-18/h5-12,14,19H,3-4,13,15H2,1-2H3,(H,27,30). The van der Waals surface area contributed by atoms with Crippen LogP contribution in [0.15, 0.2) is 54.7 Å². The number of amides is 1. The number of carbonyl (C=O) groups excluding carboxylic acids is 1. The van der Waals surface area contributed by atoms with Gasteiger partial charge in [-0.15, -0.1) is 0 Å². The lowest BCUT2D eigenvalue weighted by Crippen LogP contribution is -2.41. The van der Waals surface area contributed by atoms with Crippen molar-refractivity contribution in [2.24, 2.45) is 5.92 Å². The quantitative estimate of drug-likeness (QED) is 0.681. The van der Waals surface area contributed by atoms with Crippen LogP contribution in [-0.2, 0) is 4.79 Å². The van der Waals surface area contributed by atoms with Gasteiger partial charge in [0, 0.05) is 30.5 Å². The second kappa shape index (κ2) is 8.61. The normalized spacial score (nSPS) is 16.4. The molecule has 0 aliphatic carbocycles. The summed E-state index contributed by atoms with van der Waals surface area (Å²) in [5.41, 5.74) is 3.87. The Bertz CT molecular complexity index is 1050. The molecule has 0 bridgehead atoms. The van der Waals surface area contributed by atoms with Crippen LogP contribution in [0.4, 0.5) is 15.9 Å². The molecule has 1 aromatic heterocycles. The van der Waals surface area contributed by atoms with Crippen molar-refractivity contribution in [3.8, 4) is 11.4 Å². The van der Waals surface area contributed by atoms with E-state index in [0.29, 0.717) is 12.4 Å². The Balaban J connectivity index is 1.48. The predicted molar refractivity (Wildman–Crippen MR) is 117 cm³/mol. The van der Waals surface area contributed by atoms with E-state index < -0.39 is 0 Å². The maximum Gasteiger partial charge on any atom is 0.229 e. The first kappa shape index (κ1) is 20.0. The minimum absolute atomic E-state index is 0.0412. The molecule has 4 rings (SSSR count). The summed E-state index contributed by atoms with van der Waals surface area (Å²) in [5, 5.41) is 3.09. The smallest absolute Gasteiger partial charge is 0.229 e. The van der Waals surface area contributed by atoms with E-state index in [1.807, 2.05) is 32.0 Å². The van der Waals surface area contributed by atoms with Crippen molar-refractivity contribution in [1.82, 2.24) is 9.97 Å². The van der Waals surface area contributed by atoms with Crippen LogP contribution in [0.2, 0.25) is 0 Å². The number of aryl methyl sites for hydroxylation is 2. The number of benzene rings is 2. The Morgan fingerprint density at radius 1 is 1.13 bits per heavy atom. The lowest BCUT2D eigenvalue weighted by Gasteiger charge is -2.33. The van der Waals surface area contributed by atoms with Crippen molar-refractivity contribution in [3.05, 3.63) is 71.7 Å². The molecule has 1 aliphatic heterocycles. The van der Waals surface area contributed by atoms with E-state index in [1.165, 1.54) is 17.7 Å².